The molecule has 2 unspecified atom stereocenters. The molecule has 492 valence electrons. The largest absolute Gasteiger partial charge is 0.464 e. The third-order valence-electron chi connectivity index (χ3n) is 15.5. The predicted octanol–water partition coefficient (Wildman–Crippen LogP) is 5.58. The number of carbonyl (C=O) groups excluding carboxylic acids is 8. The summed E-state index contributed by atoms with van der Waals surface area (Å²) >= 11 is 0. The molecular formula is C64H111N7O15. The van der Waals surface area contributed by atoms with Gasteiger partial charge in [0.15, 0.2) is 6.29 Å². The van der Waals surface area contributed by atoms with Crippen LogP contribution in [0.3, 0.4) is 0 Å². The maximum Gasteiger partial charge on any atom is 0.328 e. The van der Waals surface area contributed by atoms with Crippen molar-refractivity contribution in [3.8, 4) is 0 Å². The Balaban J connectivity index is 2.05. The minimum atomic E-state index is -1.00. The van der Waals surface area contributed by atoms with E-state index in [4.69, 9.17) is 28.4 Å². The number of esters is 2. The molecular weight excluding hydrogens is 1110 g/mol. The second-order valence-electron chi connectivity index (χ2n) is 26.2. The van der Waals surface area contributed by atoms with Crippen LogP contribution in [-0.4, -0.2) is 202 Å². The third-order valence-corrected chi connectivity index (χ3v) is 15.5. The van der Waals surface area contributed by atoms with Gasteiger partial charge in [0.1, 0.15) is 24.7 Å². The molecule has 22 heteroatoms. The zero-order valence-corrected chi connectivity index (χ0v) is 55.6. The fourth-order valence-corrected chi connectivity index (χ4v) is 11.0. The number of hydrogen-bond donors (Lipinski definition) is 5. The molecule has 5 N–H and O–H groups in total. The zero-order chi connectivity index (χ0) is 65.2. The number of aliphatic hydroxyl groups is 1. The summed E-state index contributed by atoms with van der Waals surface area (Å²) in [4.78, 5) is 114. The number of nitrogens with zero attached hydrogens (tertiary/aromatic N) is 3. The van der Waals surface area contributed by atoms with Crippen molar-refractivity contribution in [1.29, 1.82) is 0 Å². The number of rotatable bonds is 38. The summed E-state index contributed by atoms with van der Waals surface area (Å²) in [5, 5.41) is 21.3. The Morgan fingerprint density at radius 1 is 0.791 bits per heavy atom. The summed E-state index contributed by atoms with van der Waals surface area (Å²) in [6.45, 7) is 26.5. The van der Waals surface area contributed by atoms with Crippen molar-refractivity contribution in [2.45, 2.75) is 228 Å². The Hall–Kier alpha value is -5.26. The quantitative estimate of drug-likeness (QED) is 0.0307. The first-order valence-corrected chi connectivity index (χ1v) is 31.0. The number of likely N-dealkylation sites (N-methyl/N-ethyl adjacent to an activating group) is 2. The van der Waals surface area contributed by atoms with Crippen molar-refractivity contribution in [1.82, 2.24) is 36.0 Å². The second kappa shape index (κ2) is 37.6. The number of hydrogen-bond acceptors (Lipinski definition) is 16. The van der Waals surface area contributed by atoms with E-state index in [-0.39, 0.29) is 106 Å². The summed E-state index contributed by atoms with van der Waals surface area (Å²) in [6, 6.07) is 4.96. The summed E-state index contributed by atoms with van der Waals surface area (Å²) in [5.74, 6) is -4.49. The minimum Gasteiger partial charge on any atom is -0.464 e. The van der Waals surface area contributed by atoms with Crippen LogP contribution < -0.4 is 21.3 Å². The number of ether oxygens (including phenoxy) is 6. The molecule has 0 spiro atoms. The van der Waals surface area contributed by atoms with Crippen LogP contribution in [-0.2, 0) is 73.2 Å². The van der Waals surface area contributed by atoms with E-state index in [2.05, 4.69) is 21.3 Å². The standard InChI is InChI=1S/C64H111N7O15/c1-20-42(6)56(70(17)61(79)54(40(2)3)68-60(78)55(41(4)5)69(15)16)49(81-18)36-51(74)71-33-25-29-48(71)57(82-19)43(7)58(76)67-47(35-45-27-22-21-23-28-45)59(77)65-32-26-34-83-62(80)44(8)66-50(73)30-24-31-52(75)84-39-53(86-64(12,13)14)85-46(38-72)37-63(9,10)11/h21-23,27-28,40-44,46-49,53-57,72H,20,24-26,29-39H2,1-19H3,(H,65,77)(H,66,73)(H,67,76)(H,68,78)/t42-,43+,44-,46?,47-,48-,49+,53?,54-,55-,56-,57+/m0/s1. The molecule has 0 bridgehead atoms. The number of nitrogens with one attached hydrogen (secondary N) is 4. The van der Waals surface area contributed by atoms with Gasteiger partial charge in [-0.25, -0.2) is 4.79 Å². The van der Waals surface area contributed by atoms with Crippen molar-refractivity contribution in [2.24, 2.45) is 29.1 Å². The molecule has 86 heavy (non-hydrogen) atoms. The molecule has 22 nitrogen and oxygen atoms in total. The molecule has 0 aliphatic carbocycles. The number of methoxy groups -OCH3 is 2. The van der Waals surface area contributed by atoms with Gasteiger partial charge in [-0.15, -0.1) is 0 Å². The lowest BCUT2D eigenvalue weighted by atomic mass is 9.89. The number of aliphatic hydroxyl groups excluding tert-OH is 1. The third kappa shape index (κ3) is 26.6. The number of benzene rings is 1. The molecule has 1 fully saturated rings. The monoisotopic (exact) mass is 1220 g/mol. The van der Waals surface area contributed by atoms with Gasteiger partial charge in [-0.1, -0.05) is 106 Å². The van der Waals surface area contributed by atoms with Gasteiger partial charge < -0.3 is 64.6 Å². The van der Waals surface area contributed by atoms with Gasteiger partial charge in [0, 0.05) is 53.6 Å². The summed E-state index contributed by atoms with van der Waals surface area (Å²) in [6.07, 6.45) is -0.0669. The van der Waals surface area contributed by atoms with Gasteiger partial charge in [-0.3, -0.25) is 38.5 Å². The average Bonchev–Trinajstić information content (AvgIpc) is 3.54. The number of amides is 6. The molecule has 1 aromatic rings. The Bertz CT molecular complexity index is 2250. The van der Waals surface area contributed by atoms with Crippen LogP contribution in [0.2, 0.25) is 0 Å². The van der Waals surface area contributed by atoms with E-state index in [0.717, 1.165) is 5.56 Å². The van der Waals surface area contributed by atoms with Crippen LogP contribution in [0.25, 0.3) is 0 Å². The van der Waals surface area contributed by atoms with Crippen LogP contribution in [0.4, 0.5) is 0 Å². The van der Waals surface area contributed by atoms with E-state index in [9.17, 15) is 43.5 Å². The first-order valence-electron chi connectivity index (χ1n) is 31.0. The van der Waals surface area contributed by atoms with Crippen molar-refractivity contribution in [3.63, 3.8) is 0 Å². The van der Waals surface area contributed by atoms with Gasteiger partial charge in [-0.2, -0.15) is 0 Å². The molecule has 0 aromatic heterocycles. The van der Waals surface area contributed by atoms with Crippen molar-refractivity contribution in [3.05, 3.63) is 35.9 Å². The van der Waals surface area contributed by atoms with E-state index >= 15 is 0 Å². The first-order chi connectivity index (χ1) is 40.2. The smallest absolute Gasteiger partial charge is 0.328 e. The van der Waals surface area contributed by atoms with E-state index < -0.39 is 102 Å². The lowest BCUT2D eigenvalue weighted by Crippen LogP contribution is -2.59. The van der Waals surface area contributed by atoms with E-state index in [1.807, 2.05) is 132 Å². The van der Waals surface area contributed by atoms with Gasteiger partial charge in [0.2, 0.25) is 35.4 Å². The highest BCUT2D eigenvalue weighted by atomic mass is 16.7. The van der Waals surface area contributed by atoms with Crippen molar-refractivity contribution < 1.29 is 71.9 Å². The van der Waals surface area contributed by atoms with Crippen molar-refractivity contribution in [2.75, 3.05) is 68.3 Å². The molecule has 1 aliphatic rings. The summed E-state index contributed by atoms with van der Waals surface area (Å²) in [5.41, 5.74) is 0.0632. The maximum absolute atomic E-state index is 14.5. The van der Waals surface area contributed by atoms with Crippen molar-refractivity contribution >= 4 is 47.4 Å². The molecule has 0 radical (unpaired) electrons. The van der Waals surface area contributed by atoms with E-state index in [0.29, 0.717) is 32.2 Å². The Kier molecular flexibility index (Phi) is 33.6. The topological polar surface area (TPSA) is 270 Å². The maximum atomic E-state index is 14.5. The lowest BCUT2D eigenvalue weighted by Gasteiger charge is -2.41. The minimum absolute atomic E-state index is 0.00333. The molecule has 1 aromatic carbocycles. The van der Waals surface area contributed by atoms with Crippen LogP contribution in [0.15, 0.2) is 30.3 Å². The molecule has 1 aliphatic heterocycles. The zero-order valence-electron chi connectivity index (χ0n) is 55.6. The highest BCUT2D eigenvalue weighted by Crippen LogP contribution is 2.30. The number of carbonyl (C=O) groups is 8. The predicted molar refractivity (Wildman–Crippen MR) is 329 cm³/mol. The highest BCUT2D eigenvalue weighted by molar-refractivity contribution is 5.91. The highest BCUT2D eigenvalue weighted by Gasteiger charge is 2.44. The molecule has 2 rings (SSSR count). The average molecular weight is 1220 g/mol. The molecule has 6 amide bonds. The SMILES string of the molecule is CC[C@H](C)[C@@H]([C@@H](CC(=O)N1CCC[C@H]1[C@H](OC)[C@@H](C)C(=O)N[C@@H](Cc1ccccc1)C(=O)NCCCOC(=O)[C@H](C)NC(=O)CCCC(=O)OCC(OC(CO)CC(C)(C)C)OC(C)(C)C)OC)N(C)C(=O)[C@@H](NC(=O)[C@H](C(C)C)N(C)C)C(C)C. The first kappa shape index (κ1) is 76.8. The van der Waals surface area contributed by atoms with E-state index in [1.165, 1.54) is 21.1 Å². The molecule has 12 atom stereocenters. The van der Waals surface area contributed by atoms with Crippen LogP contribution >= 0.6 is 0 Å². The van der Waals surface area contributed by atoms with Crippen LogP contribution in [0, 0.1) is 29.1 Å². The van der Waals surface area contributed by atoms with Gasteiger partial charge in [0.25, 0.3) is 0 Å². The summed E-state index contributed by atoms with van der Waals surface area (Å²) in [7, 11) is 8.41. The molecule has 1 saturated heterocycles. The van der Waals surface area contributed by atoms with Crippen LogP contribution in [0.5, 0.6) is 0 Å². The number of likely N-dealkylation sites (tertiary alicyclic amines) is 1. The Morgan fingerprint density at radius 3 is 1.99 bits per heavy atom. The lowest BCUT2D eigenvalue weighted by molar-refractivity contribution is -0.241. The normalized spacial score (nSPS) is 17.7. The second-order valence-corrected chi connectivity index (χ2v) is 26.2. The molecule has 1 heterocycles. The Morgan fingerprint density at radius 2 is 1.44 bits per heavy atom. The van der Waals surface area contributed by atoms with Crippen LogP contribution in [0.1, 0.15) is 160 Å². The molecule has 0 saturated carbocycles. The fourth-order valence-electron chi connectivity index (χ4n) is 11.0. The van der Waals surface area contributed by atoms with Gasteiger partial charge >= 0.3 is 11.9 Å². The van der Waals surface area contributed by atoms with Gasteiger partial charge in [-0.05, 0) is 103 Å². The van der Waals surface area contributed by atoms with Gasteiger partial charge in [0.05, 0.1) is 67.6 Å². The summed E-state index contributed by atoms with van der Waals surface area (Å²) < 4.78 is 34.9. The Labute approximate surface area is 514 Å². The fraction of sp³-hybridized carbons (Fsp3) is 0.781. The van der Waals surface area contributed by atoms with E-state index in [1.54, 1.807) is 23.8 Å².